The molecule has 18 heavy (non-hydrogen) atoms. The first-order valence-electron chi connectivity index (χ1n) is 6.32. The van der Waals surface area contributed by atoms with Crippen molar-refractivity contribution in [2.75, 3.05) is 0 Å². The molecule has 0 saturated heterocycles. The zero-order chi connectivity index (χ0) is 12.4. The number of rotatable bonds is 2. The van der Waals surface area contributed by atoms with Crippen LogP contribution >= 0.6 is 0 Å². The Hall–Kier alpha value is -1.86. The number of allylic oxidation sites excluding steroid dienone is 2. The Kier molecular flexibility index (Phi) is 2.77. The predicted octanol–water partition coefficient (Wildman–Crippen LogP) is 3.70. The van der Waals surface area contributed by atoms with Crippen LogP contribution in [0.3, 0.4) is 0 Å². The van der Waals surface area contributed by atoms with E-state index < -0.39 is 8.07 Å². The van der Waals surface area contributed by atoms with E-state index in [4.69, 9.17) is 0 Å². The van der Waals surface area contributed by atoms with Crippen molar-refractivity contribution >= 4 is 18.5 Å². The molecule has 0 amide bonds. The van der Waals surface area contributed by atoms with Gasteiger partial charge in [0.1, 0.15) is 8.07 Å². The fourth-order valence-electron chi connectivity index (χ4n) is 2.65. The molecule has 0 nitrogen and oxygen atoms in total. The molecule has 0 bridgehead atoms. The summed E-state index contributed by atoms with van der Waals surface area (Å²) in [6, 6.07) is 21.6. The van der Waals surface area contributed by atoms with Gasteiger partial charge in [0.15, 0.2) is 0 Å². The molecule has 1 aliphatic rings. The summed E-state index contributed by atoms with van der Waals surface area (Å²) >= 11 is 0. The molecule has 1 unspecified atom stereocenters. The minimum atomic E-state index is -1.65. The molecule has 1 atom stereocenters. The smallest absolute Gasteiger partial charge is 0.0860 e. The summed E-state index contributed by atoms with van der Waals surface area (Å²) in [4.78, 5) is 0. The van der Waals surface area contributed by atoms with Gasteiger partial charge < -0.3 is 0 Å². The number of hydrogen-bond acceptors (Lipinski definition) is 0. The lowest BCUT2D eigenvalue weighted by Gasteiger charge is -2.25. The summed E-state index contributed by atoms with van der Waals surface area (Å²) in [5, 5.41) is 2.99. The first-order valence-corrected chi connectivity index (χ1v) is 8.89. The lowest BCUT2D eigenvalue weighted by Crippen LogP contribution is -2.43. The normalized spacial score (nSPS) is 21.9. The molecule has 1 heterocycles. The van der Waals surface area contributed by atoms with Crippen molar-refractivity contribution in [3.05, 3.63) is 84.1 Å². The van der Waals surface area contributed by atoms with Crippen LogP contribution in [0.25, 0.3) is 5.20 Å². The molecule has 0 aliphatic carbocycles. The number of benzene rings is 2. The second-order valence-electron chi connectivity index (χ2n) is 4.87. The lowest BCUT2D eigenvalue weighted by atomic mass is 10.2. The molecule has 0 radical (unpaired) electrons. The monoisotopic (exact) mass is 248 g/mol. The Morgan fingerprint density at radius 2 is 1.39 bits per heavy atom. The van der Waals surface area contributed by atoms with Gasteiger partial charge in [-0.05, 0) is 10.8 Å². The van der Waals surface area contributed by atoms with Crippen LogP contribution in [0.2, 0.25) is 6.55 Å². The van der Waals surface area contributed by atoms with Crippen molar-refractivity contribution in [1.82, 2.24) is 0 Å². The summed E-state index contributed by atoms with van der Waals surface area (Å²) in [5.41, 5.74) is 3.78. The van der Waals surface area contributed by atoms with Crippen molar-refractivity contribution < 1.29 is 0 Å². The molecule has 0 spiro atoms. The fraction of sp³-hybridized carbons (Fsp3) is 0.0588. The summed E-state index contributed by atoms with van der Waals surface area (Å²) in [5.74, 6) is 0. The van der Waals surface area contributed by atoms with Crippen LogP contribution in [-0.4, -0.2) is 8.07 Å². The standard InChI is InChI=1S/C17H16Si/c1-18(16-11-6-3-7-12-16)14-8-13-17(18)15-9-4-2-5-10-15/h2-14H,1H3. The summed E-state index contributed by atoms with van der Waals surface area (Å²) in [7, 11) is -1.65. The zero-order valence-electron chi connectivity index (χ0n) is 10.5. The molecular weight excluding hydrogens is 232 g/mol. The van der Waals surface area contributed by atoms with E-state index in [-0.39, 0.29) is 0 Å². The molecule has 2 aromatic carbocycles. The van der Waals surface area contributed by atoms with E-state index in [9.17, 15) is 0 Å². The largest absolute Gasteiger partial charge is 0.139 e. The predicted molar refractivity (Wildman–Crippen MR) is 81.3 cm³/mol. The Morgan fingerprint density at radius 1 is 0.778 bits per heavy atom. The van der Waals surface area contributed by atoms with Crippen LogP contribution in [0.4, 0.5) is 0 Å². The molecule has 1 heteroatoms. The quantitative estimate of drug-likeness (QED) is 0.711. The minimum absolute atomic E-state index is 1.36. The Morgan fingerprint density at radius 3 is 2.06 bits per heavy atom. The average molecular weight is 248 g/mol. The molecule has 88 valence electrons. The first-order chi connectivity index (χ1) is 8.81. The van der Waals surface area contributed by atoms with Crippen LogP contribution in [0.1, 0.15) is 5.56 Å². The maximum Gasteiger partial charge on any atom is 0.139 e. The lowest BCUT2D eigenvalue weighted by molar-refractivity contribution is 1.63. The van der Waals surface area contributed by atoms with Gasteiger partial charge in [-0.3, -0.25) is 0 Å². The van der Waals surface area contributed by atoms with Crippen LogP contribution in [0.15, 0.2) is 78.5 Å². The highest BCUT2D eigenvalue weighted by Gasteiger charge is 2.33. The Bertz CT molecular complexity index is 596. The second-order valence-corrected chi connectivity index (χ2v) is 8.73. The highest BCUT2D eigenvalue weighted by atomic mass is 28.3. The highest BCUT2D eigenvalue weighted by molar-refractivity contribution is 7.09. The van der Waals surface area contributed by atoms with Crippen LogP contribution in [0.5, 0.6) is 0 Å². The van der Waals surface area contributed by atoms with E-state index in [2.05, 4.69) is 85.1 Å². The third kappa shape index (κ3) is 1.77. The second kappa shape index (κ2) is 4.43. The Labute approximate surface area is 109 Å². The SMILES string of the molecule is C[Si]1(c2ccccc2)C=CC=C1c1ccccc1. The van der Waals surface area contributed by atoms with E-state index >= 15 is 0 Å². The topological polar surface area (TPSA) is 0 Å². The van der Waals surface area contributed by atoms with Gasteiger partial charge in [-0.1, -0.05) is 90.2 Å². The van der Waals surface area contributed by atoms with Gasteiger partial charge in [-0.25, -0.2) is 0 Å². The molecule has 0 saturated carbocycles. The van der Waals surface area contributed by atoms with E-state index in [0.717, 1.165) is 0 Å². The van der Waals surface area contributed by atoms with E-state index in [0.29, 0.717) is 0 Å². The molecular formula is C17H16Si. The maximum atomic E-state index is 2.42. The average Bonchev–Trinajstić information content (AvgIpc) is 2.84. The summed E-state index contributed by atoms with van der Waals surface area (Å²) in [6.45, 7) is 2.42. The van der Waals surface area contributed by atoms with Crippen LogP contribution in [0, 0.1) is 0 Å². The van der Waals surface area contributed by atoms with Gasteiger partial charge in [0.25, 0.3) is 0 Å². The molecule has 0 N–H and O–H groups in total. The maximum absolute atomic E-state index is 2.42. The van der Waals surface area contributed by atoms with Crippen molar-refractivity contribution in [1.29, 1.82) is 0 Å². The number of hydrogen-bond donors (Lipinski definition) is 0. The highest BCUT2D eigenvalue weighted by Crippen LogP contribution is 2.30. The minimum Gasteiger partial charge on any atom is -0.0860 e. The molecule has 0 fully saturated rings. The summed E-state index contributed by atoms with van der Waals surface area (Å²) in [6.07, 6.45) is 4.51. The third-order valence-corrected chi connectivity index (χ3v) is 7.68. The van der Waals surface area contributed by atoms with Crippen molar-refractivity contribution in [2.45, 2.75) is 6.55 Å². The molecule has 0 aromatic heterocycles. The van der Waals surface area contributed by atoms with Crippen molar-refractivity contribution in [3.8, 4) is 0 Å². The molecule has 3 rings (SSSR count). The molecule has 1 aliphatic heterocycles. The third-order valence-electron chi connectivity index (χ3n) is 3.71. The van der Waals surface area contributed by atoms with Gasteiger partial charge in [-0.2, -0.15) is 0 Å². The van der Waals surface area contributed by atoms with E-state index in [1.165, 1.54) is 15.9 Å². The van der Waals surface area contributed by atoms with E-state index in [1.54, 1.807) is 0 Å². The summed E-state index contributed by atoms with van der Waals surface area (Å²) < 4.78 is 0. The first kappa shape index (κ1) is 11.2. The van der Waals surface area contributed by atoms with Gasteiger partial charge in [0.2, 0.25) is 0 Å². The fourth-order valence-corrected chi connectivity index (χ4v) is 5.91. The molecule has 2 aromatic rings. The van der Waals surface area contributed by atoms with Gasteiger partial charge >= 0.3 is 0 Å². The van der Waals surface area contributed by atoms with Gasteiger partial charge in [-0.15, -0.1) is 0 Å². The van der Waals surface area contributed by atoms with E-state index in [1.807, 2.05) is 0 Å². The Balaban J connectivity index is 2.08. The van der Waals surface area contributed by atoms with Gasteiger partial charge in [0, 0.05) is 0 Å². The van der Waals surface area contributed by atoms with Crippen molar-refractivity contribution in [2.24, 2.45) is 0 Å². The zero-order valence-corrected chi connectivity index (χ0v) is 11.5. The van der Waals surface area contributed by atoms with Crippen LogP contribution < -0.4 is 5.19 Å². The van der Waals surface area contributed by atoms with Crippen LogP contribution in [-0.2, 0) is 0 Å². The van der Waals surface area contributed by atoms with Crippen molar-refractivity contribution in [3.63, 3.8) is 0 Å². The van der Waals surface area contributed by atoms with Gasteiger partial charge in [0.05, 0.1) is 0 Å².